The number of Topliss-reactive ketones (excluding diaryl/α,β-unsaturated/α-hetero) is 1. The summed E-state index contributed by atoms with van der Waals surface area (Å²) < 4.78 is 1.78. The molecule has 1 aliphatic carbocycles. The van der Waals surface area contributed by atoms with E-state index in [4.69, 9.17) is 0 Å². The normalized spacial score (nSPS) is 16.4. The highest BCUT2D eigenvalue weighted by molar-refractivity contribution is 6.01. The quantitative estimate of drug-likeness (QED) is 0.761. The van der Waals surface area contributed by atoms with Crippen LogP contribution < -0.4 is 0 Å². The van der Waals surface area contributed by atoms with Gasteiger partial charge in [-0.2, -0.15) is 5.10 Å². The number of nitrogens with zero attached hydrogens (tertiary/aromatic N) is 2. The van der Waals surface area contributed by atoms with Crippen molar-refractivity contribution < 1.29 is 4.79 Å². The van der Waals surface area contributed by atoms with E-state index in [1.54, 1.807) is 10.8 Å². The summed E-state index contributed by atoms with van der Waals surface area (Å²) in [6.45, 7) is 7.99. The summed E-state index contributed by atoms with van der Waals surface area (Å²) >= 11 is 0. The monoisotopic (exact) mass is 246 g/mol. The van der Waals surface area contributed by atoms with Crippen molar-refractivity contribution in [3.8, 4) is 0 Å². The SMILES string of the molecule is C=Cc1c(C(=O)C2CCCC2)c(C(C)C)nn1C. The van der Waals surface area contributed by atoms with Crippen LogP contribution in [-0.2, 0) is 7.05 Å². The lowest BCUT2D eigenvalue weighted by atomic mass is 9.91. The summed E-state index contributed by atoms with van der Waals surface area (Å²) in [6, 6.07) is 0. The van der Waals surface area contributed by atoms with Crippen LogP contribution in [-0.4, -0.2) is 15.6 Å². The Morgan fingerprint density at radius 2 is 2.06 bits per heavy atom. The molecule has 0 aromatic carbocycles. The highest BCUT2D eigenvalue weighted by Crippen LogP contribution is 2.32. The summed E-state index contributed by atoms with van der Waals surface area (Å²) in [7, 11) is 1.88. The standard InChI is InChI=1S/C15H22N2O/c1-5-12-13(14(10(2)3)16-17(12)4)15(18)11-8-6-7-9-11/h5,10-11H,1,6-9H2,2-4H3. The van der Waals surface area contributed by atoms with Gasteiger partial charge in [0.15, 0.2) is 5.78 Å². The molecule has 1 aromatic rings. The summed E-state index contributed by atoms with van der Waals surface area (Å²) in [6.07, 6.45) is 6.17. The predicted molar refractivity (Wildman–Crippen MR) is 73.7 cm³/mol. The average molecular weight is 246 g/mol. The summed E-state index contributed by atoms with van der Waals surface area (Å²) in [5.74, 6) is 0.745. The van der Waals surface area contributed by atoms with Crippen molar-refractivity contribution >= 4 is 11.9 Å². The Bertz CT molecular complexity index is 465. The summed E-state index contributed by atoms with van der Waals surface area (Å²) in [4.78, 5) is 12.7. The Morgan fingerprint density at radius 1 is 1.44 bits per heavy atom. The first-order valence-electron chi connectivity index (χ1n) is 6.79. The molecule has 1 aliphatic rings. The molecule has 0 saturated heterocycles. The van der Waals surface area contributed by atoms with Gasteiger partial charge < -0.3 is 0 Å². The lowest BCUT2D eigenvalue weighted by molar-refractivity contribution is 0.0921. The van der Waals surface area contributed by atoms with E-state index in [0.717, 1.165) is 29.8 Å². The van der Waals surface area contributed by atoms with E-state index in [1.165, 1.54) is 12.8 Å². The number of carbonyl (C=O) groups excluding carboxylic acids is 1. The molecule has 1 heterocycles. The first-order chi connectivity index (χ1) is 8.56. The molecule has 0 N–H and O–H groups in total. The van der Waals surface area contributed by atoms with Crippen molar-refractivity contribution in [3.05, 3.63) is 23.5 Å². The fraction of sp³-hybridized carbons (Fsp3) is 0.600. The molecule has 0 aliphatic heterocycles. The molecule has 0 unspecified atom stereocenters. The van der Waals surface area contributed by atoms with Crippen LogP contribution in [0.1, 0.15) is 67.2 Å². The van der Waals surface area contributed by atoms with Gasteiger partial charge in [-0.3, -0.25) is 9.48 Å². The van der Waals surface area contributed by atoms with Crippen LogP contribution in [0.3, 0.4) is 0 Å². The van der Waals surface area contributed by atoms with E-state index in [2.05, 4.69) is 25.5 Å². The molecule has 18 heavy (non-hydrogen) atoms. The molecular formula is C15H22N2O. The predicted octanol–water partition coefficient (Wildman–Crippen LogP) is 3.56. The molecule has 98 valence electrons. The molecule has 1 aromatic heterocycles. The van der Waals surface area contributed by atoms with E-state index in [1.807, 2.05) is 7.05 Å². The number of rotatable bonds is 4. The van der Waals surface area contributed by atoms with E-state index in [-0.39, 0.29) is 17.6 Å². The zero-order chi connectivity index (χ0) is 13.3. The van der Waals surface area contributed by atoms with E-state index in [9.17, 15) is 4.79 Å². The Hall–Kier alpha value is -1.38. The fourth-order valence-corrected chi connectivity index (χ4v) is 2.84. The Labute approximate surface area is 109 Å². The van der Waals surface area contributed by atoms with Gasteiger partial charge in [0, 0.05) is 13.0 Å². The van der Waals surface area contributed by atoms with Gasteiger partial charge in [-0.15, -0.1) is 0 Å². The van der Waals surface area contributed by atoms with Gasteiger partial charge in [0.25, 0.3) is 0 Å². The second kappa shape index (κ2) is 5.09. The maximum absolute atomic E-state index is 12.7. The number of ketones is 1. The third-order valence-electron chi connectivity index (χ3n) is 3.83. The maximum Gasteiger partial charge on any atom is 0.170 e. The van der Waals surface area contributed by atoms with Crippen molar-refractivity contribution in [2.24, 2.45) is 13.0 Å². The largest absolute Gasteiger partial charge is 0.294 e. The first-order valence-corrected chi connectivity index (χ1v) is 6.79. The number of hydrogen-bond donors (Lipinski definition) is 0. The molecule has 1 fully saturated rings. The van der Waals surface area contributed by atoms with Crippen LogP contribution in [0.4, 0.5) is 0 Å². The van der Waals surface area contributed by atoms with Gasteiger partial charge in [0.05, 0.1) is 17.0 Å². The van der Waals surface area contributed by atoms with Crippen molar-refractivity contribution in [1.29, 1.82) is 0 Å². The molecule has 3 heteroatoms. The highest BCUT2D eigenvalue weighted by Gasteiger charge is 2.30. The molecule has 0 radical (unpaired) electrons. The highest BCUT2D eigenvalue weighted by atomic mass is 16.1. The van der Waals surface area contributed by atoms with Crippen LogP contribution in [0.25, 0.3) is 6.08 Å². The number of aromatic nitrogens is 2. The number of hydrogen-bond acceptors (Lipinski definition) is 2. The van der Waals surface area contributed by atoms with Gasteiger partial charge in [0.1, 0.15) is 0 Å². The van der Waals surface area contributed by atoms with Crippen LogP contribution in [0.2, 0.25) is 0 Å². The average Bonchev–Trinajstić information content (AvgIpc) is 2.94. The van der Waals surface area contributed by atoms with Crippen molar-refractivity contribution in [3.63, 3.8) is 0 Å². The molecule has 0 atom stereocenters. The number of carbonyl (C=O) groups is 1. The van der Waals surface area contributed by atoms with Crippen LogP contribution >= 0.6 is 0 Å². The maximum atomic E-state index is 12.7. The van der Waals surface area contributed by atoms with Gasteiger partial charge in [-0.1, -0.05) is 33.3 Å². The zero-order valence-corrected chi connectivity index (χ0v) is 11.6. The van der Waals surface area contributed by atoms with Gasteiger partial charge in [0.2, 0.25) is 0 Å². The second-order valence-electron chi connectivity index (χ2n) is 5.47. The van der Waals surface area contributed by atoms with Gasteiger partial charge in [-0.05, 0) is 24.8 Å². The first kappa shape index (κ1) is 13.1. The fourth-order valence-electron chi connectivity index (χ4n) is 2.84. The third kappa shape index (κ3) is 2.14. The zero-order valence-electron chi connectivity index (χ0n) is 11.6. The summed E-state index contributed by atoms with van der Waals surface area (Å²) in [5, 5.41) is 4.50. The molecule has 0 bridgehead atoms. The molecule has 3 nitrogen and oxygen atoms in total. The Balaban J connectivity index is 2.46. The molecule has 1 saturated carbocycles. The molecule has 0 spiro atoms. The lowest BCUT2D eigenvalue weighted by Crippen LogP contribution is -2.14. The molecule has 0 amide bonds. The van der Waals surface area contributed by atoms with Crippen LogP contribution in [0.15, 0.2) is 6.58 Å². The summed E-state index contributed by atoms with van der Waals surface area (Å²) in [5.41, 5.74) is 2.61. The van der Waals surface area contributed by atoms with E-state index < -0.39 is 0 Å². The minimum Gasteiger partial charge on any atom is -0.294 e. The van der Waals surface area contributed by atoms with Gasteiger partial charge in [-0.25, -0.2) is 0 Å². The van der Waals surface area contributed by atoms with Crippen LogP contribution in [0.5, 0.6) is 0 Å². The minimum absolute atomic E-state index is 0.199. The van der Waals surface area contributed by atoms with E-state index in [0.29, 0.717) is 0 Å². The topological polar surface area (TPSA) is 34.9 Å². The smallest absolute Gasteiger partial charge is 0.170 e. The second-order valence-corrected chi connectivity index (χ2v) is 5.47. The van der Waals surface area contributed by atoms with Gasteiger partial charge >= 0.3 is 0 Å². The minimum atomic E-state index is 0.199. The van der Waals surface area contributed by atoms with Crippen LogP contribution in [0, 0.1) is 5.92 Å². The van der Waals surface area contributed by atoms with Crippen molar-refractivity contribution in [2.45, 2.75) is 45.4 Å². The molecule has 2 rings (SSSR count). The van der Waals surface area contributed by atoms with Crippen molar-refractivity contribution in [2.75, 3.05) is 0 Å². The number of aryl methyl sites for hydroxylation is 1. The third-order valence-corrected chi connectivity index (χ3v) is 3.83. The van der Waals surface area contributed by atoms with Crippen molar-refractivity contribution in [1.82, 2.24) is 9.78 Å². The van der Waals surface area contributed by atoms with E-state index >= 15 is 0 Å². The Kier molecular flexibility index (Phi) is 3.69. The Morgan fingerprint density at radius 3 is 2.56 bits per heavy atom. The lowest BCUT2D eigenvalue weighted by Gasteiger charge is -2.10. The molecular weight excluding hydrogens is 224 g/mol.